The van der Waals surface area contributed by atoms with Gasteiger partial charge in [-0.05, 0) is 63.1 Å². The van der Waals surface area contributed by atoms with Crippen molar-refractivity contribution in [2.24, 2.45) is 0 Å². The van der Waals surface area contributed by atoms with Gasteiger partial charge in [0.1, 0.15) is 24.6 Å². The van der Waals surface area contributed by atoms with Gasteiger partial charge in [-0.15, -0.1) is 0 Å². The Labute approximate surface area is 349 Å². The third-order valence-corrected chi connectivity index (χ3v) is 10.1. The SMILES string of the molecule is COC[C@@H]1CN(C(=O)OC(C)(C)C)[C@@H](C)CN1CC(=O)N1CC(C)(C)c2ncc(Cc3ccccc3OCCOCCOCCOCCOC(=O)c3ccccc3)cc21. The first kappa shape index (κ1) is 45.5. The van der Waals surface area contributed by atoms with Gasteiger partial charge in [0.2, 0.25) is 5.91 Å². The van der Waals surface area contributed by atoms with Gasteiger partial charge in [0.15, 0.2) is 0 Å². The number of rotatable bonds is 20. The van der Waals surface area contributed by atoms with Gasteiger partial charge in [0.05, 0.1) is 75.8 Å². The van der Waals surface area contributed by atoms with Crippen LogP contribution in [0.4, 0.5) is 10.5 Å². The van der Waals surface area contributed by atoms with Crippen LogP contribution < -0.4 is 9.64 Å². The third-order valence-electron chi connectivity index (χ3n) is 10.1. The summed E-state index contributed by atoms with van der Waals surface area (Å²) in [6.07, 6.45) is 2.11. The number of nitrogens with zero attached hydrogens (tertiary/aromatic N) is 4. The van der Waals surface area contributed by atoms with E-state index < -0.39 is 5.60 Å². The van der Waals surface area contributed by atoms with E-state index in [1.165, 1.54) is 0 Å². The van der Waals surface area contributed by atoms with E-state index in [-0.39, 0.29) is 48.6 Å². The van der Waals surface area contributed by atoms with Gasteiger partial charge in [0, 0.05) is 50.8 Å². The number of carbonyl (C=O) groups excluding carboxylic acids is 3. The second kappa shape index (κ2) is 21.6. The number of amides is 2. The number of anilines is 1. The summed E-state index contributed by atoms with van der Waals surface area (Å²) in [5.41, 5.74) is 3.28. The summed E-state index contributed by atoms with van der Waals surface area (Å²) in [4.78, 5) is 49.7. The van der Waals surface area contributed by atoms with Crippen LogP contribution in [0.1, 0.15) is 68.7 Å². The van der Waals surface area contributed by atoms with Crippen LogP contribution in [-0.4, -0.2) is 143 Å². The van der Waals surface area contributed by atoms with E-state index in [1.54, 1.807) is 36.3 Å². The Hall–Kier alpha value is -4.60. The maximum absolute atomic E-state index is 14.1. The fraction of sp³-hybridized carbons (Fsp3) is 0.556. The van der Waals surface area contributed by atoms with Crippen LogP contribution in [0.2, 0.25) is 0 Å². The Bertz CT molecular complexity index is 1820. The molecule has 0 N–H and O–H groups in total. The summed E-state index contributed by atoms with van der Waals surface area (Å²) < 4.78 is 39.3. The number of hydrogen-bond donors (Lipinski definition) is 0. The Morgan fingerprint density at radius 1 is 0.847 bits per heavy atom. The highest BCUT2D eigenvalue weighted by Gasteiger charge is 2.42. The van der Waals surface area contributed by atoms with Gasteiger partial charge in [-0.3, -0.25) is 14.7 Å². The topological polar surface area (TPSA) is 138 Å². The van der Waals surface area contributed by atoms with Crippen molar-refractivity contribution in [2.75, 3.05) is 97.7 Å². The molecule has 2 atom stereocenters. The summed E-state index contributed by atoms with van der Waals surface area (Å²) in [7, 11) is 1.63. The Morgan fingerprint density at radius 3 is 2.17 bits per heavy atom. The van der Waals surface area contributed by atoms with Crippen molar-refractivity contribution in [3.63, 3.8) is 0 Å². The zero-order valence-corrected chi connectivity index (χ0v) is 35.8. The smallest absolute Gasteiger partial charge is 0.410 e. The van der Waals surface area contributed by atoms with E-state index in [0.29, 0.717) is 84.5 Å². The Kier molecular flexibility index (Phi) is 16.6. The average Bonchev–Trinajstić information content (AvgIpc) is 3.47. The summed E-state index contributed by atoms with van der Waals surface area (Å²) in [5.74, 6) is 0.374. The highest BCUT2D eigenvalue weighted by molar-refractivity contribution is 5.97. The standard InChI is InChI=1S/C45H62N4O10/c1-33-28-47(37(31-53-7)29-48(33)43(52)59-44(2,3)4)30-40(50)49-32-45(5,6)41-38(49)26-34(27-46-41)25-36-15-11-12-16-39(36)57-23-21-55-19-17-54-18-20-56-22-24-58-42(51)35-13-9-8-10-14-35/h8-16,26-27,33,37H,17-25,28-32H2,1-7H3/t33-,37-/m0/s1. The molecule has 0 unspecified atom stereocenters. The first-order valence-corrected chi connectivity index (χ1v) is 20.4. The van der Waals surface area contributed by atoms with Gasteiger partial charge >= 0.3 is 12.1 Å². The molecule has 1 saturated heterocycles. The molecular weight excluding hydrogens is 757 g/mol. The molecular formula is C45H62N4O10. The number of fused-ring (bicyclic) bond motifs is 1. The van der Waals surface area contributed by atoms with Crippen LogP contribution in [0, 0.1) is 0 Å². The molecule has 14 nitrogen and oxygen atoms in total. The Balaban J connectivity index is 1.06. The minimum Gasteiger partial charge on any atom is -0.491 e. The minimum atomic E-state index is -0.602. The second-order valence-corrected chi connectivity index (χ2v) is 16.6. The maximum Gasteiger partial charge on any atom is 0.410 e. The number of methoxy groups -OCH3 is 1. The van der Waals surface area contributed by atoms with Gasteiger partial charge in [-0.25, -0.2) is 9.59 Å². The van der Waals surface area contributed by atoms with Crippen LogP contribution in [0.3, 0.4) is 0 Å². The van der Waals surface area contributed by atoms with Crippen molar-refractivity contribution in [3.8, 4) is 5.75 Å². The van der Waals surface area contributed by atoms with Crippen LogP contribution in [0.5, 0.6) is 5.75 Å². The molecule has 1 aromatic heterocycles. The first-order chi connectivity index (χ1) is 28.3. The van der Waals surface area contributed by atoms with E-state index in [4.69, 9.17) is 38.1 Å². The number of ether oxygens (including phenoxy) is 7. The molecule has 2 aliphatic heterocycles. The highest BCUT2D eigenvalue weighted by Crippen LogP contribution is 2.40. The van der Waals surface area contributed by atoms with Crippen molar-refractivity contribution in [1.29, 1.82) is 0 Å². The van der Waals surface area contributed by atoms with Crippen molar-refractivity contribution >= 4 is 23.7 Å². The van der Waals surface area contributed by atoms with Gasteiger partial charge in [-0.2, -0.15) is 0 Å². The molecule has 0 saturated carbocycles. The van der Waals surface area contributed by atoms with E-state index in [9.17, 15) is 14.4 Å². The first-order valence-electron chi connectivity index (χ1n) is 20.4. The number of hydrogen-bond acceptors (Lipinski definition) is 12. The van der Waals surface area contributed by atoms with E-state index >= 15 is 0 Å². The van der Waals surface area contributed by atoms with E-state index in [2.05, 4.69) is 24.8 Å². The molecule has 1 fully saturated rings. The van der Waals surface area contributed by atoms with E-state index in [1.807, 2.05) is 69.1 Å². The van der Waals surface area contributed by atoms with Crippen molar-refractivity contribution in [2.45, 2.75) is 71.1 Å². The molecule has 0 radical (unpaired) electrons. The number of esters is 1. The Morgan fingerprint density at radius 2 is 1.49 bits per heavy atom. The fourth-order valence-corrected chi connectivity index (χ4v) is 7.20. The third kappa shape index (κ3) is 13.5. The second-order valence-electron chi connectivity index (χ2n) is 16.6. The number of carbonyl (C=O) groups is 3. The number of benzene rings is 2. The quantitative estimate of drug-likeness (QED) is 0.105. The number of pyridine rings is 1. The van der Waals surface area contributed by atoms with Crippen molar-refractivity contribution in [1.82, 2.24) is 14.8 Å². The molecule has 0 bridgehead atoms. The van der Waals surface area contributed by atoms with Crippen LogP contribution in [0.15, 0.2) is 66.9 Å². The predicted molar refractivity (Wildman–Crippen MR) is 223 cm³/mol. The molecule has 0 aliphatic carbocycles. The molecule has 5 rings (SSSR count). The predicted octanol–water partition coefficient (Wildman–Crippen LogP) is 5.54. The molecule has 3 aromatic rings. The molecule has 2 aromatic carbocycles. The van der Waals surface area contributed by atoms with Crippen molar-refractivity contribution in [3.05, 3.63) is 89.2 Å². The normalized spacial score (nSPS) is 17.7. The van der Waals surface area contributed by atoms with Crippen molar-refractivity contribution < 1.29 is 47.5 Å². The summed E-state index contributed by atoms with van der Waals surface area (Å²) in [6, 6.07) is 18.5. The zero-order chi connectivity index (χ0) is 42.4. The lowest BCUT2D eigenvalue weighted by Gasteiger charge is -2.45. The average molecular weight is 819 g/mol. The monoisotopic (exact) mass is 818 g/mol. The molecule has 0 spiro atoms. The molecule has 2 aliphatic rings. The lowest BCUT2D eigenvalue weighted by Crippen LogP contribution is -2.62. The number of piperazine rings is 1. The maximum atomic E-state index is 14.1. The van der Waals surface area contributed by atoms with Gasteiger partial charge in [0.25, 0.3) is 0 Å². The van der Waals surface area contributed by atoms with Crippen LogP contribution in [0.25, 0.3) is 0 Å². The molecule has 322 valence electrons. The molecule has 3 heterocycles. The fourth-order valence-electron chi connectivity index (χ4n) is 7.20. The molecule has 59 heavy (non-hydrogen) atoms. The number of para-hydroxylation sites is 1. The minimum absolute atomic E-state index is 0.0174. The van der Waals surface area contributed by atoms with Crippen LogP contribution >= 0.6 is 0 Å². The van der Waals surface area contributed by atoms with Gasteiger partial charge < -0.3 is 43.0 Å². The summed E-state index contributed by atoms with van der Waals surface area (Å²) in [6.45, 7) is 16.7. The van der Waals surface area contributed by atoms with Crippen LogP contribution in [-0.2, 0) is 45.1 Å². The zero-order valence-electron chi connectivity index (χ0n) is 35.8. The molecule has 14 heteroatoms. The van der Waals surface area contributed by atoms with E-state index in [0.717, 1.165) is 28.3 Å². The summed E-state index contributed by atoms with van der Waals surface area (Å²) >= 11 is 0. The lowest BCUT2D eigenvalue weighted by molar-refractivity contribution is -0.121. The number of aromatic nitrogens is 1. The lowest BCUT2D eigenvalue weighted by atomic mass is 9.91. The molecule has 2 amide bonds. The largest absolute Gasteiger partial charge is 0.491 e. The highest BCUT2D eigenvalue weighted by atomic mass is 16.6. The van der Waals surface area contributed by atoms with Gasteiger partial charge in [-0.1, -0.05) is 50.2 Å². The summed E-state index contributed by atoms with van der Waals surface area (Å²) in [5, 5.41) is 0.